The Labute approximate surface area is 430 Å². The Hall–Kier alpha value is -8.32. The number of ether oxygens (including phenoxy) is 6. The van der Waals surface area contributed by atoms with Crippen molar-refractivity contribution >= 4 is 46.6 Å². The van der Waals surface area contributed by atoms with Crippen LogP contribution in [0.2, 0.25) is 0 Å². The van der Waals surface area contributed by atoms with Crippen LogP contribution in [0.15, 0.2) is 151 Å². The highest BCUT2D eigenvalue weighted by Crippen LogP contribution is 2.47. The number of guanidine groups is 1. The number of carbonyl (C=O) groups is 3. The summed E-state index contributed by atoms with van der Waals surface area (Å²) in [7, 11) is 0. The summed E-state index contributed by atoms with van der Waals surface area (Å²) in [5.41, 5.74) is 21.1. The molecule has 0 saturated carbocycles. The molecule has 0 unspecified atom stereocenters. The summed E-state index contributed by atoms with van der Waals surface area (Å²) in [5.74, 6) is 1.89. The fourth-order valence-corrected chi connectivity index (χ4v) is 7.91. The summed E-state index contributed by atoms with van der Waals surface area (Å²) in [4.78, 5) is 40.8. The first-order valence-electron chi connectivity index (χ1n) is 24.3. The van der Waals surface area contributed by atoms with Gasteiger partial charge in [0, 0.05) is 32.6 Å². The molecule has 18 heteroatoms. The van der Waals surface area contributed by atoms with Crippen molar-refractivity contribution in [2.75, 3.05) is 55.9 Å². The minimum Gasteiger partial charge on any atom is -0.492 e. The number of fused-ring (bicyclic) bond motifs is 4. The number of nitrogens with two attached hydrogens (primary N) is 3. The van der Waals surface area contributed by atoms with Gasteiger partial charge in [-0.1, -0.05) is 72.8 Å². The van der Waals surface area contributed by atoms with Gasteiger partial charge in [-0.3, -0.25) is 9.79 Å². The molecule has 0 aliphatic carbocycles. The minimum absolute atomic E-state index is 0.0129. The monoisotopic (exact) mass is 1010 g/mol. The molecule has 390 valence electrons. The lowest BCUT2D eigenvalue weighted by molar-refractivity contribution is -0.150. The third-order valence-electron chi connectivity index (χ3n) is 11.5. The van der Waals surface area contributed by atoms with Crippen LogP contribution >= 0.6 is 0 Å². The van der Waals surface area contributed by atoms with Crippen molar-refractivity contribution in [2.45, 2.75) is 57.8 Å². The van der Waals surface area contributed by atoms with Crippen LogP contribution in [0.25, 0.3) is 0 Å². The molecule has 0 radical (unpaired) electrons. The topological polar surface area (TPSA) is 264 Å². The van der Waals surface area contributed by atoms with E-state index in [0.717, 1.165) is 68.4 Å². The second-order valence-corrected chi connectivity index (χ2v) is 16.7. The zero-order valence-electron chi connectivity index (χ0n) is 41.5. The smallest absolute Gasteiger partial charge is 0.333 e. The van der Waals surface area contributed by atoms with Crippen LogP contribution < -0.4 is 45.9 Å². The SMILES string of the molecule is CCO[C@@H](Cc1ccc(OCCN2c3ccccc3Oc3ccccc32)cc1)C(=O)O.CCO[C@@H](Cc1ccc(OCCN2c3ccccc3Oc3ccccc32)cc1)C(=O)O.NC(N)=NCCC[C@H](N)C(=O)O. The number of para-hydroxylation sites is 8. The third-order valence-corrected chi connectivity index (χ3v) is 11.5. The van der Waals surface area contributed by atoms with Crippen LogP contribution in [0.1, 0.15) is 37.8 Å². The predicted molar refractivity (Wildman–Crippen MR) is 283 cm³/mol. The summed E-state index contributed by atoms with van der Waals surface area (Å²) in [6.45, 7) is 7.02. The fraction of sp³-hybridized carbons (Fsp3) is 0.286. The van der Waals surface area contributed by atoms with Crippen molar-refractivity contribution in [1.82, 2.24) is 0 Å². The van der Waals surface area contributed by atoms with Crippen molar-refractivity contribution in [3.8, 4) is 34.5 Å². The molecule has 0 aromatic heterocycles. The normalized spacial score (nSPS) is 12.9. The Morgan fingerprint density at radius 3 is 1.20 bits per heavy atom. The van der Waals surface area contributed by atoms with Gasteiger partial charge in [0.25, 0.3) is 0 Å². The van der Waals surface area contributed by atoms with E-state index in [0.29, 0.717) is 71.7 Å². The van der Waals surface area contributed by atoms with E-state index in [4.69, 9.17) is 50.7 Å². The molecule has 0 saturated heterocycles. The van der Waals surface area contributed by atoms with Gasteiger partial charge < -0.3 is 70.7 Å². The molecular weight excluding hydrogens is 949 g/mol. The van der Waals surface area contributed by atoms with E-state index in [1.165, 1.54) is 0 Å². The Bertz CT molecular complexity index is 2510. The highest BCUT2D eigenvalue weighted by Gasteiger charge is 2.26. The minimum atomic E-state index is -1.00. The maximum absolute atomic E-state index is 11.3. The van der Waals surface area contributed by atoms with Gasteiger partial charge in [0.1, 0.15) is 30.8 Å². The van der Waals surface area contributed by atoms with E-state index in [-0.39, 0.29) is 5.96 Å². The molecule has 6 aromatic rings. The molecule has 0 bridgehead atoms. The summed E-state index contributed by atoms with van der Waals surface area (Å²) >= 11 is 0. The van der Waals surface area contributed by atoms with Gasteiger partial charge in [0.05, 0.1) is 35.8 Å². The van der Waals surface area contributed by atoms with Crippen LogP contribution in [0.4, 0.5) is 22.7 Å². The number of aliphatic carboxylic acids is 3. The highest BCUT2D eigenvalue weighted by atomic mass is 16.5. The molecule has 2 aliphatic heterocycles. The predicted octanol–water partition coefficient (Wildman–Crippen LogP) is 8.54. The molecule has 18 nitrogen and oxygen atoms in total. The van der Waals surface area contributed by atoms with Crippen LogP contribution in [0.3, 0.4) is 0 Å². The van der Waals surface area contributed by atoms with Crippen LogP contribution in [-0.2, 0) is 36.7 Å². The first-order valence-corrected chi connectivity index (χ1v) is 24.3. The summed E-state index contributed by atoms with van der Waals surface area (Å²) < 4.78 is 34.5. The average molecular weight is 1010 g/mol. The summed E-state index contributed by atoms with van der Waals surface area (Å²) in [6.07, 6.45) is -0.0657. The fourth-order valence-electron chi connectivity index (χ4n) is 7.91. The van der Waals surface area contributed by atoms with Crippen LogP contribution in [0.5, 0.6) is 34.5 Å². The number of rotatable bonds is 23. The molecule has 6 aromatic carbocycles. The first-order chi connectivity index (χ1) is 35.8. The molecule has 9 N–H and O–H groups in total. The van der Waals surface area contributed by atoms with Crippen molar-refractivity contribution in [2.24, 2.45) is 22.2 Å². The lowest BCUT2D eigenvalue weighted by Gasteiger charge is -2.32. The molecular formula is C56H64N6O12. The van der Waals surface area contributed by atoms with Crippen molar-refractivity contribution in [3.63, 3.8) is 0 Å². The summed E-state index contributed by atoms with van der Waals surface area (Å²) in [5, 5.41) is 26.9. The van der Waals surface area contributed by atoms with Crippen LogP contribution in [0, 0.1) is 0 Å². The number of carboxylic acids is 3. The van der Waals surface area contributed by atoms with Gasteiger partial charge in [0.15, 0.2) is 41.2 Å². The quantitative estimate of drug-likeness (QED) is 0.0199. The number of benzene rings is 6. The largest absolute Gasteiger partial charge is 0.492 e. The first kappa shape index (κ1) is 55.0. The van der Waals surface area contributed by atoms with Gasteiger partial charge in [0.2, 0.25) is 0 Å². The van der Waals surface area contributed by atoms with Gasteiger partial charge >= 0.3 is 17.9 Å². The molecule has 74 heavy (non-hydrogen) atoms. The van der Waals surface area contributed by atoms with E-state index in [9.17, 15) is 24.6 Å². The molecule has 0 spiro atoms. The lowest BCUT2D eigenvalue weighted by Crippen LogP contribution is -2.30. The molecule has 0 fully saturated rings. The van der Waals surface area contributed by atoms with Crippen molar-refractivity contribution in [3.05, 3.63) is 157 Å². The van der Waals surface area contributed by atoms with Gasteiger partial charge in [-0.05, 0) is 111 Å². The second-order valence-electron chi connectivity index (χ2n) is 16.7. The molecule has 8 rings (SSSR count). The number of carboxylic acid groups (broad SMARTS) is 3. The number of aliphatic imine (C=N–C) groups is 1. The van der Waals surface area contributed by atoms with E-state index < -0.39 is 36.2 Å². The van der Waals surface area contributed by atoms with E-state index in [1.807, 2.05) is 146 Å². The number of hydrogen-bond donors (Lipinski definition) is 6. The standard InChI is InChI=1S/2C25H25NO5.C6H14N4O2/c2*1-2-29-24(25(27)28)17-18-11-13-19(14-12-18)30-16-15-26-20-7-3-5-9-22(20)31-23-10-6-4-8-21(23)26;7-4(5(11)12)2-1-3-10-6(8)9/h2*3-14,24H,2,15-17H2,1H3,(H,27,28);4H,1-3,7H2,(H,11,12)(H4,8,9,10)/t2*24-;4-/m000/s1. The second kappa shape index (κ2) is 28.1. The Balaban J connectivity index is 0.000000198. The average Bonchev–Trinajstić information content (AvgIpc) is 3.40. The van der Waals surface area contributed by atoms with E-state index in [1.54, 1.807) is 13.8 Å². The number of anilines is 4. The molecule has 2 aliphatic rings. The van der Waals surface area contributed by atoms with Gasteiger partial charge in [-0.2, -0.15) is 0 Å². The molecule has 0 amide bonds. The summed E-state index contributed by atoms with van der Waals surface area (Å²) in [6, 6.07) is 46.0. The van der Waals surface area contributed by atoms with Gasteiger partial charge in [-0.15, -0.1) is 0 Å². The van der Waals surface area contributed by atoms with E-state index >= 15 is 0 Å². The molecule has 2 heterocycles. The highest BCUT2D eigenvalue weighted by molar-refractivity contribution is 5.79. The maximum Gasteiger partial charge on any atom is 0.333 e. The Kier molecular flexibility index (Phi) is 20.9. The third kappa shape index (κ3) is 16.1. The maximum atomic E-state index is 11.3. The van der Waals surface area contributed by atoms with Gasteiger partial charge in [-0.25, -0.2) is 9.59 Å². The number of hydrogen-bond acceptors (Lipinski definition) is 13. The number of nitrogens with zero attached hydrogens (tertiary/aromatic N) is 3. The van der Waals surface area contributed by atoms with Crippen LogP contribution in [-0.4, -0.2) is 103 Å². The molecule has 3 atom stereocenters. The van der Waals surface area contributed by atoms with E-state index in [2.05, 4.69) is 14.8 Å². The zero-order valence-corrected chi connectivity index (χ0v) is 41.5. The lowest BCUT2D eigenvalue weighted by atomic mass is 10.1. The Morgan fingerprint density at radius 1 is 0.541 bits per heavy atom. The van der Waals surface area contributed by atoms with Crippen molar-refractivity contribution < 1.29 is 58.1 Å². The Morgan fingerprint density at radius 2 is 0.892 bits per heavy atom. The van der Waals surface area contributed by atoms with Crippen molar-refractivity contribution in [1.29, 1.82) is 0 Å². The zero-order chi connectivity index (χ0) is 52.8.